The molecule has 94 valence electrons. The summed E-state index contributed by atoms with van der Waals surface area (Å²) in [5.41, 5.74) is 1.55. The van der Waals surface area contributed by atoms with E-state index in [1.165, 1.54) is 17.6 Å². The third-order valence-electron chi connectivity index (χ3n) is 2.47. The van der Waals surface area contributed by atoms with Crippen LogP contribution in [-0.4, -0.2) is 22.4 Å². The molecule has 0 saturated heterocycles. The molecule has 1 heterocycles. The maximum Gasteiger partial charge on any atom is 0.260 e. The number of rotatable bonds is 3. The summed E-state index contributed by atoms with van der Waals surface area (Å²) in [5.74, 6) is -0.246. The summed E-state index contributed by atoms with van der Waals surface area (Å²) in [6.07, 6.45) is 0. The Morgan fingerprint density at radius 2 is 2.11 bits per heavy atom. The Hall–Kier alpha value is -2.08. The van der Waals surface area contributed by atoms with Gasteiger partial charge in [0.2, 0.25) is 0 Å². The van der Waals surface area contributed by atoms with Gasteiger partial charge in [0.25, 0.3) is 5.91 Å². The molecule has 5 nitrogen and oxygen atoms in total. The van der Waals surface area contributed by atoms with Crippen molar-refractivity contribution in [3.63, 3.8) is 0 Å². The van der Waals surface area contributed by atoms with Crippen molar-refractivity contribution in [2.24, 2.45) is 0 Å². The van der Waals surface area contributed by atoms with Crippen molar-refractivity contribution >= 4 is 28.1 Å². The average molecular weight is 263 g/mol. The number of nitrogens with zero attached hydrogens (tertiary/aromatic N) is 1. The zero-order chi connectivity index (χ0) is 13.1. The van der Waals surface area contributed by atoms with E-state index in [-0.39, 0.29) is 11.7 Å². The number of anilines is 2. The molecule has 0 atom stereocenters. The number of nitrogens with one attached hydrogen (secondary N) is 2. The molecular weight excluding hydrogens is 250 g/mol. The summed E-state index contributed by atoms with van der Waals surface area (Å²) in [4.78, 5) is 12.1. The molecule has 6 heteroatoms. The standard InChI is InChI=1S/C12H13N3O2S/c1-7-10(12(13-2)18-15-7)11(17)14-8-5-3-4-6-9(8)16/h3-6,13,16H,1-2H3,(H,14,17). The van der Waals surface area contributed by atoms with Crippen LogP contribution in [0.5, 0.6) is 5.75 Å². The fourth-order valence-corrected chi connectivity index (χ4v) is 2.31. The van der Waals surface area contributed by atoms with Crippen molar-refractivity contribution in [1.29, 1.82) is 0 Å². The smallest absolute Gasteiger partial charge is 0.260 e. The quantitative estimate of drug-likeness (QED) is 0.744. The molecule has 0 radical (unpaired) electrons. The number of benzene rings is 1. The topological polar surface area (TPSA) is 74.2 Å². The van der Waals surface area contributed by atoms with Crippen LogP contribution >= 0.6 is 11.5 Å². The van der Waals surface area contributed by atoms with Gasteiger partial charge in [-0.1, -0.05) is 12.1 Å². The second-order valence-electron chi connectivity index (χ2n) is 3.69. The number of hydrogen-bond acceptors (Lipinski definition) is 5. The monoisotopic (exact) mass is 263 g/mol. The van der Waals surface area contributed by atoms with Crippen LogP contribution in [0.15, 0.2) is 24.3 Å². The first-order chi connectivity index (χ1) is 8.63. The van der Waals surface area contributed by atoms with Crippen molar-refractivity contribution < 1.29 is 9.90 Å². The number of para-hydroxylation sites is 2. The van der Waals surface area contributed by atoms with Crippen LogP contribution in [0.25, 0.3) is 0 Å². The van der Waals surface area contributed by atoms with Gasteiger partial charge < -0.3 is 15.7 Å². The number of phenols is 1. The van der Waals surface area contributed by atoms with Crippen LogP contribution in [0.2, 0.25) is 0 Å². The van der Waals surface area contributed by atoms with Crippen molar-refractivity contribution in [2.45, 2.75) is 6.92 Å². The van der Waals surface area contributed by atoms with Gasteiger partial charge in [0.15, 0.2) is 0 Å². The van der Waals surface area contributed by atoms with Crippen molar-refractivity contribution in [2.75, 3.05) is 17.7 Å². The van der Waals surface area contributed by atoms with Crippen LogP contribution in [0.1, 0.15) is 16.1 Å². The largest absolute Gasteiger partial charge is 0.506 e. The molecule has 0 spiro atoms. The fourth-order valence-electron chi connectivity index (χ4n) is 1.57. The lowest BCUT2D eigenvalue weighted by molar-refractivity contribution is 0.102. The van der Waals surface area contributed by atoms with E-state index in [9.17, 15) is 9.90 Å². The lowest BCUT2D eigenvalue weighted by atomic mass is 10.2. The van der Waals surface area contributed by atoms with Gasteiger partial charge in [-0.05, 0) is 30.6 Å². The molecule has 0 unspecified atom stereocenters. The third-order valence-corrected chi connectivity index (χ3v) is 3.43. The van der Waals surface area contributed by atoms with E-state index >= 15 is 0 Å². The van der Waals surface area contributed by atoms with Crippen molar-refractivity contribution in [3.05, 3.63) is 35.5 Å². The molecule has 1 amide bonds. The first kappa shape index (κ1) is 12.4. The second-order valence-corrected chi connectivity index (χ2v) is 4.47. The highest BCUT2D eigenvalue weighted by Crippen LogP contribution is 2.27. The number of carbonyl (C=O) groups is 1. The van der Waals surface area contributed by atoms with Crippen LogP contribution < -0.4 is 10.6 Å². The molecule has 18 heavy (non-hydrogen) atoms. The first-order valence-electron chi connectivity index (χ1n) is 5.37. The summed E-state index contributed by atoms with van der Waals surface area (Å²) in [6, 6.07) is 6.60. The first-order valence-corrected chi connectivity index (χ1v) is 6.14. The Balaban J connectivity index is 2.28. The summed E-state index contributed by atoms with van der Waals surface area (Å²) in [7, 11) is 1.74. The Kier molecular flexibility index (Phi) is 3.47. The van der Waals surface area contributed by atoms with E-state index in [4.69, 9.17) is 0 Å². The maximum atomic E-state index is 12.1. The van der Waals surface area contributed by atoms with Gasteiger partial charge >= 0.3 is 0 Å². The molecule has 0 bridgehead atoms. The molecule has 2 rings (SSSR count). The predicted octanol–water partition coefficient (Wildman–Crippen LogP) is 2.45. The number of aryl methyl sites for hydroxylation is 1. The number of aromatic hydroxyl groups is 1. The maximum absolute atomic E-state index is 12.1. The van der Waals surface area contributed by atoms with Gasteiger partial charge in [-0.15, -0.1) is 0 Å². The van der Waals surface area contributed by atoms with Crippen molar-refractivity contribution in [3.8, 4) is 5.75 Å². The number of phenolic OH excluding ortho intramolecular Hbond substituents is 1. The number of aromatic nitrogens is 1. The van der Waals surface area contributed by atoms with Crippen LogP contribution in [0.3, 0.4) is 0 Å². The average Bonchev–Trinajstić information content (AvgIpc) is 2.73. The molecule has 0 aliphatic heterocycles. The Bertz CT molecular complexity index is 580. The zero-order valence-corrected chi connectivity index (χ0v) is 10.8. The minimum Gasteiger partial charge on any atom is -0.506 e. The minimum absolute atomic E-state index is 0.0395. The molecular formula is C12H13N3O2S. The van der Waals surface area contributed by atoms with E-state index < -0.39 is 0 Å². The minimum atomic E-state index is -0.285. The number of carbonyl (C=O) groups excluding carboxylic acids is 1. The van der Waals surface area contributed by atoms with E-state index in [0.717, 1.165) is 0 Å². The van der Waals surface area contributed by atoms with E-state index in [2.05, 4.69) is 15.0 Å². The molecule has 2 aromatic rings. The SMILES string of the molecule is CNc1snc(C)c1C(=O)Nc1ccccc1O. The lowest BCUT2D eigenvalue weighted by Gasteiger charge is -2.07. The molecule has 0 aliphatic carbocycles. The molecule has 1 aromatic carbocycles. The van der Waals surface area contributed by atoms with Crippen LogP contribution in [0.4, 0.5) is 10.7 Å². The van der Waals surface area contributed by atoms with E-state index in [1.807, 2.05) is 0 Å². The summed E-state index contributed by atoms with van der Waals surface area (Å²) < 4.78 is 4.13. The van der Waals surface area contributed by atoms with Gasteiger partial charge in [0.05, 0.1) is 16.9 Å². The Morgan fingerprint density at radius 1 is 1.39 bits per heavy atom. The molecule has 0 saturated carbocycles. The van der Waals surface area contributed by atoms with Crippen molar-refractivity contribution in [1.82, 2.24) is 4.37 Å². The van der Waals surface area contributed by atoms with Gasteiger partial charge in [-0.25, -0.2) is 0 Å². The normalized spacial score (nSPS) is 10.1. The highest BCUT2D eigenvalue weighted by Gasteiger charge is 2.18. The van der Waals surface area contributed by atoms with Gasteiger partial charge in [0, 0.05) is 7.05 Å². The lowest BCUT2D eigenvalue weighted by Crippen LogP contribution is -2.14. The predicted molar refractivity (Wildman–Crippen MR) is 72.5 cm³/mol. The van der Waals surface area contributed by atoms with Gasteiger partial charge in [-0.2, -0.15) is 4.37 Å². The number of amides is 1. The Morgan fingerprint density at radius 3 is 2.78 bits per heavy atom. The highest BCUT2D eigenvalue weighted by molar-refractivity contribution is 7.10. The fraction of sp³-hybridized carbons (Fsp3) is 0.167. The van der Waals surface area contributed by atoms with E-state index in [1.54, 1.807) is 32.2 Å². The summed E-state index contributed by atoms with van der Waals surface area (Å²) in [6.45, 7) is 1.77. The van der Waals surface area contributed by atoms with E-state index in [0.29, 0.717) is 21.9 Å². The molecule has 0 aliphatic rings. The summed E-state index contributed by atoms with van der Waals surface area (Å²) in [5, 5.41) is 15.9. The van der Waals surface area contributed by atoms with Gasteiger partial charge in [-0.3, -0.25) is 4.79 Å². The molecule has 1 aromatic heterocycles. The number of hydrogen-bond donors (Lipinski definition) is 3. The third kappa shape index (κ3) is 2.28. The molecule has 0 fully saturated rings. The molecule has 3 N–H and O–H groups in total. The zero-order valence-electron chi connectivity index (χ0n) is 10.0. The van der Waals surface area contributed by atoms with Crippen LogP contribution in [0, 0.1) is 6.92 Å². The van der Waals surface area contributed by atoms with Gasteiger partial charge in [0.1, 0.15) is 10.8 Å². The second kappa shape index (κ2) is 5.05. The highest BCUT2D eigenvalue weighted by atomic mass is 32.1. The van der Waals surface area contributed by atoms with Crippen LogP contribution in [-0.2, 0) is 0 Å². The summed E-state index contributed by atoms with van der Waals surface area (Å²) >= 11 is 1.23. The Labute approximate surface area is 109 Å².